The Labute approximate surface area is 124 Å². The summed E-state index contributed by atoms with van der Waals surface area (Å²) in [5, 5.41) is 2.89. The highest BCUT2D eigenvalue weighted by Gasteiger charge is 2.13. The molecule has 0 saturated carbocycles. The van der Waals surface area contributed by atoms with Gasteiger partial charge in [0, 0.05) is 5.56 Å². The first kappa shape index (κ1) is 14.9. The number of rotatable bonds is 3. The van der Waals surface area contributed by atoms with Crippen molar-refractivity contribution >= 4 is 17.3 Å². The second kappa shape index (κ2) is 5.87. The number of nitrogen functional groups attached to an aromatic ring is 1. The molecule has 0 aliphatic rings. The number of anilines is 2. The number of hydrogen-bond acceptors (Lipinski definition) is 3. The number of benzene rings is 2. The Bertz CT molecular complexity index is 693. The van der Waals surface area contributed by atoms with E-state index in [-0.39, 0.29) is 5.91 Å². The summed E-state index contributed by atoms with van der Waals surface area (Å²) in [5.41, 5.74) is 10.8. The lowest BCUT2D eigenvalue weighted by atomic mass is 10.1. The molecule has 4 nitrogen and oxygen atoms in total. The van der Waals surface area contributed by atoms with E-state index in [1.54, 1.807) is 25.3 Å². The highest BCUT2D eigenvalue weighted by Crippen LogP contribution is 2.27. The second-order valence-electron chi connectivity index (χ2n) is 5.11. The van der Waals surface area contributed by atoms with Crippen molar-refractivity contribution in [3.05, 3.63) is 52.6 Å². The minimum Gasteiger partial charge on any atom is -0.496 e. The lowest BCUT2D eigenvalue weighted by molar-refractivity contribution is 0.102. The number of amides is 1. The van der Waals surface area contributed by atoms with Gasteiger partial charge in [-0.1, -0.05) is 12.1 Å². The lowest BCUT2D eigenvalue weighted by Gasteiger charge is -2.14. The monoisotopic (exact) mass is 284 g/mol. The van der Waals surface area contributed by atoms with Crippen molar-refractivity contribution in [2.24, 2.45) is 0 Å². The van der Waals surface area contributed by atoms with E-state index < -0.39 is 0 Å². The number of aryl methyl sites for hydroxylation is 2. The number of carbonyl (C=O) groups is 1. The van der Waals surface area contributed by atoms with Crippen LogP contribution in [0.15, 0.2) is 30.3 Å². The molecule has 2 aromatic carbocycles. The van der Waals surface area contributed by atoms with Crippen LogP contribution in [0.4, 0.5) is 11.4 Å². The van der Waals surface area contributed by atoms with Gasteiger partial charge in [-0.3, -0.25) is 4.79 Å². The molecule has 0 aliphatic carbocycles. The van der Waals surface area contributed by atoms with Gasteiger partial charge in [-0.15, -0.1) is 0 Å². The van der Waals surface area contributed by atoms with Crippen molar-refractivity contribution in [3.8, 4) is 5.75 Å². The zero-order chi connectivity index (χ0) is 15.6. The molecule has 4 heteroatoms. The van der Waals surface area contributed by atoms with Crippen molar-refractivity contribution in [1.82, 2.24) is 0 Å². The zero-order valence-corrected chi connectivity index (χ0v) is 12.8. The minimum atomic E-state index is -0.200. The maximum atomic E-state index is 12.4. The van der Waals surface area contributed by atoms with Crippen molar-refractivity contribution < 1.29 is 9.53 Å². The van der Waals surface area contributed by atoms with E-state index >= 15 is 0 Å². The fraction of sp³-hybridized carbons (Fsp3) is 0.235. The van der Waals surface area contributed by atoms with Gasteiger partial charge in [-0.2, -0.15) is 0 Å². The van der Waals surface area contributed by atoms with Gasteiger partial charge in [0.1, 0.15) is 5.75 Å². The van der Waals surface area contributed by atoms with Crippen molar-refractivity contribution in [2.75, 3.05) is 18.2 Å². The molecule has 0 aliphatic heterocycles. The molecule has 0 saturated heterocycles. The Morgan fingerprint density at radius 3 is 2.43 bits per heavy atom. The molecule has 0 fully saturated rings. The van der Waals surface area contributed by atoms with Gasteiger partial charge in [0.05, 0.1) is 18.5 Å². The van der Waals surface area contributed by atoms with Crippen LogP contribution in [0.3, 0.4) is 0 Å². The number of carbonyl (C=O) groups excluding carboxylic acids is 1. The summed E-state index contributed by atoms with van der Waals surface area (Å²) in [5.74, 6) is 0.491. The zero-order valence-electron chi connectivity index (χ0n) is 12.8. The first-order valence-corrected chi connectivity index (χ1v) is 6.75. The van der Waals surface area contributed by atoms with Crippen molar-refractivity contribution in [2.45, 2.75) is 20.8 Å². The molecule has 0 unspecified atom stereocenters. The average molecular weight is 284 g/mol. The summed E-state index contributed by atoms with van der Waals surface area (Å²) in [6.07, 6.45) is 0. The molecule has 0 heterocycles. The van der Waals surface area contributed by atoms with Crippen LogP contribution < -0.4 is 15.8 Å². The average Bonchev–Trinajstić information content (AvgIpc) is 2.48. The van der Waals surface area contributed by atoms with E-state index in [4.69, 9.17) is 10.5 Å². The van der Waals surface area contributed by atoms with Gasteiger partial charge >= 0.3 is 0 Å². The highest BCUT2D eigenvalue weighted by molar-refractivity contribution is 6.06. The summed E-state index contributed by atoms with van der Waals surface area (Å²) < 4.78 is 5.25. The lowest BCUT2D eigenvalue weighted by Crippen LogP contribution is -2.15. The number of ether oxygens (including phenoxy) is 1. The van der Waals surface area contributed by atoms with Crippen LogP contribution >= 0.6 is 0 Å². The predicted molar refractivity (Wildman–Crippen MR) is 86.0 cm³/mol. The Morgan fingerprint density at radius 1 is 1.10 bits per heavy atom. The number of nitrogens with two attached hydrogens (primary N) is 1. The molecular weight excluding hydrogens is 264 g/mol. The molecule has 0 radical (unpaired) electrons. The molecule has 2 aromatic rings. The van der Waals surface area contributed by atoms with E-state index in [1.807, 2.05) is 32.9 Å². The predicted octanol–water partition coefficient (Wildman–Crippen LogP) is 3.45. The minimum absolute atomic E-state index is 0.200. The normalized spacial score (nSPS) is 10.3. The van der Waals surface area contributed by atoms with E-state index in [9.17, 15) is 4.79 Å². The number of hydrogen-bond donors (Lipinski definition) is 2. The fourth-order valence-corrected chi connectivity index (χ4v) is 2.15. The van der Waals surface area contributed by atoms with E-state index in [1.165, 1.54) is 0 Å². The quantitative estimate of drug-likeness (QED) is 0.848. The van der Waals surface area contributed by atoms with Gasteiger partial charge in [-0.25, -0.2) is 0 Å². The molecule has 110 valence electrons. The van der Waals surface area contributed by atoms with Crippen LogP contribution in [0.2, 0.25) is 0 Å². The Balaban J connectivity index is 2.33. The summed E-state index contributed by atoms with van der Waals surface area (Å²) in [6, 6.07) is 9.10. The standard InChI is InChI=1S/C17H20N2O2/c1-10-6-8-14(18)16(12(10)3)19-17(20)13-7-5-11(2)15(9-13)21-4/h5-9H,18H2,1-4H3,(H,19,20). The molecule has 21 heavy (non-hydrogen) atoms. The van der Waals surface area contributed by atoms with Gasteiger partial charge in [0.15, 0.2) is 0 Å². The third-order valence-electron chi connectivity index (χ3n) is 3.68. The second-order valence-corrected chi connectivity index (χ2v) is 5.11. The first-order chi connectivity index (χ1) is 9.93. The van der Waals surface area contributed by atoms with Gasteiger partial charge in [0.25, 0.3) is 5.91 Å². The van der Waals surface area contributed by atoms with Crippen LogP contribution in [0, 0.1) is 20.8 Å². The largest absolute Gasteiger partial charge is 0.496 e. The molecule has 3 N–H and O–H groups in total. The SMILES string of the molecule is COc1cc(C(=O)Nc2c(N)ccc(C)c2C)ccc1C. The summed E-state index contributed by atoms with van der Waals surface area (Å²) in [4.78, 5) is 12.4. The van der Waals surface area contributed by atoms with Crippen LogP contribution in [-0.4, -0.2) is 13.0 Å². The number of methoxy groups -OCH3 is 1. The van der Waals surface area contributed by atoms with Gasteiger partial charge < -0.3 is 15.8 Å². The van der Waals surface area contributed by atoms with Crippen molar-refractivity contribution in [1.29, 1.82) is 0 Å². The van der Waals surface area contributed by atoms with Gasteiger partial charge in [-0.05, 0) is 55.7 Å². The van der Waals surface area contributed by atoms with Crippen molar-refractivity contribution in [3.63, 3.8) is 0 Å². The van der Waals surface area contributed by atoms with Crippen LogP contribution in [-0.2, 0) is 0 Å². The van der Waals surface area contributed by atoms with Crippen LogP contribution in [0.1, 0.15) is 27.0 Å². The number of nitrogens with one attached hydrogen (secondary N) is 1. The third kappa shape index (κ3) is 2.99. The summed E-state index contributed by atoms with van der Waals surface area (Å²) in [6.45, 7) is 5.86. The summed E-state index contributed by atoms with van der Waals surface area (Å²) in [7, 11) is 1.59. The fourth-order valence-electron chi connectivity index (χ4n) is 2.15. The molecule has 1 amide bonds. The van der Waals surface area contributed by atoms with Gasteiger partial charge in [0.2, 0.25) is 0 Å². The Kier molecular flexibility index (Phi) is 4.17. The van der Waals surface area contributed by atoms with Crippen LogP contribution in [0.5, 0.6) is 5.75 Å². The highest BCUT2D eigenvalue weighted by atomic mass is 16.5. The van der Waals surface area contributed by atoms with E-state index in [2.05, 4.69) is 5.32 Å². The first-order valence-electron chi connectivity index (χ1n) is 6.75. The smallest absolute Gasteiger partial charge is 0.255 e. The third-order valence-corrected chi connectivity index (χ3v) is 3.68. The maximum Gasteiger partial charge on any atom is 0.255 e. The molecule has 0 spiro atoms. The van der Waals surface area contributed by atoms with Crippen LogP contribution in [0.25, 0.3) is 0 Å². The van der Waals surface area contributed by atoms with E-state index in [0.717, 1.165) is 16.7 Å². The van der Waals surface area contributed by atoms with E-state index in [0.29, 0.717) is 22.7 Å². The molecule has 0 atom stereocenters. The Morgan fingerprint density at radius 2 is 1.76 bits per heavy atom. The molecular formula is C17H20N2O2. The molecule has 2 rings (SSSR count). The molecule has 0 bridgehead atoms. The maximum absolute atomic E-state index is 12.4. The molecule has 0 aromatic heterocycles. The Hall–Kier alpha value is -2.49. The summed E-state index contributed by atoms with van der Waals surface area (Å²) >= 11 is 0. The topological polar surface area (TPSA) is 64.3 Å².